The minimum absolute atomic E-state index is 0. The normalized spacial score (nSPS) is 11.7. The summed E-state index contributed by atoms with van der Waals surface area (Å²) in [7, 11) is 0. The topological polar surface area (TPSA) is 82.4 Å². The van der Waals surface area contributed by atoms with Gasteiger partial charge in [0, 0.05) is 23.8 Å². The lowest BCUT2D eigenvalue weighted by atomic mass is 10.0. The third-order valence-corrected chi connectivity index (χ3v) is 5.19. The van der Waals surface area contributed by atoms with E-state index in [1.807, 2.05) is 28.8 Å². The third kappa shape index (κ3) is 4.43. The minimum atomic E-state index is 0. The Labute approximate surface area is 193 Å². The predicted octanol–water partition coefficient (Wildman–Crippen LogP) is 4.01. The molecule has 0 unspecified atom stereocenters. The molecule has 0 saturated carbocycles. The number of aromatic amines is 1. The van der Waals surface area contributed by atoms with Gasteiger partial charge in [-0.2, -0.15) is 0 Å². The summed E-state index contributed by atoms with van der Waals surface area (Å²) in [5.41, 5.74) is 6.97. The van der Waals surface area contributed by atoms with Gasteiger partial charge in [0.25, 0.3) is 0 Å². The van der Waals surface area contributed by atoms with Crippen LogP contribution in [0.15, 0.2) is 41.5 Å². The molecule has 0 aliphatic rings. The number of H-pyrrole nitrogens is 1. The first-order valence-electron chi connectivity index (χ1n) is 9.96. The number of aryl methyl sites for hydroxylation is 3. The number of hydrogen-bond acceptors (Lipinski definition) is 3. The highest BCUT2D eigenvalue weighted by molar-refractivity contribution is 14.0. The molecule has 0 atom stereocenters. The van der Waals surface area contributed by atoms with Crippen LogP contribution in [0.3, 0.4) is 0 Å². The molecule has 7 nitrogen and oxygen atoms in total. The van der Waals surface area contributed by atoms with Gasteiger partial charge in [0.15, 0.2) is 17.4 Å². The molecule has 0 saturated heterocycles. The summed E-state index contributed by atoms with van der Waals surface area (Å²) in [5.74, 6) is 1.61. The van der Waals surface area contributed by atoms with Gasteiger partial charge >= 0.3 is 0 Å². The fourth-order valence-electron chi connectivity index (χ4n) is 3.59. The van der Waals surface area contributed by atoms with Gasteiger partial charge in [-0.05, 0) is 57.0 Å². The monoisotopic (exact) mass is 517 g/mol. The van der Waals surface area contributed by atoms with Crippen LogP contribution in [0.2, 0.25) is 0 Å². The summed E-state index contributed by atoms with van der Waals surface area (Å²) in [4.78, 5) is 8.33. The second-order valence-corrected chi connectivity index (χ2v) is 7.32. The number of pyridine rings is 1. The van der Waals surface area contributed by atoms with Crippen molar-refractivity contribution < 1.29 is 0 Å². The number of fused-ring (bicyclic) bond motifs is 2. The van der Waals surface area contributed by atoms with E-state index in [-0.39, 0.29) is 24.0 Å². The third-order valence-electron chi connectivity index (χ3n) is 5.19. The molecule has 158 valence electrons. The second-order valence-electron chi connectivity index (χ2n) is 7.32. The standard InChI is InChI=1S/C22H27N7.HI/c1-5-23-22(25-13-20-28-27-19-8-6-7-9-29(19)20)24-12-17-10-14(2)11-18-15(3)16(4)26-21(17)18;/h6-11,26H,5,12-13H2,1-4H3,(H2,23,24,25);1H. The molecule has 0 radical (unpaired) electrons. The number of benzene rings is 1. The van der Waals surface area contributed by atoms with Crippen molar-refractivity contribution in [3.05, 3.63) is 64.7 Å². The first-order valence-corrected chi connectivity index (χ1v) is 9.96. The maximum Gasteiger partial charge on any atom is 0.191 e. The maximum absolute atomic E-state index is 4.81. The van der Waals surface area contributed by atoms with Gasteiger partial charge in [-0.3, -0.25) is 4.40 Å². The van der Waals surface area contributed by atoms with Gasteiger partial charge in [0.1, 0.15) is 0 Å². The number of aliphatic imine (C=N–C) groups is 1. The quantitative estimate of drug-likeness (QED) is 0.212. The van der Waals surface area contributed by atoms with Crippen LogP contribution in [0.5, 0.6) is 0 Å². The Morgan fingerprint density at radius 3 is 2.77 bits per heavy atom. The van der Waals surface area contributed by atoms with Gasteiger partial charge in [-0.15, -0.1) is 34.2 Å². The molecule has 30 heavy (non-hydrogen) atoms. The molecular formula is C22H28IN7. The second kappa shape index (κ2) is 9.46. The minimum Gasteiger partial charge on any atom is -0.358 e. The van der Waals surface area contributed by atoms with E-state index in [9.17, 15) is 0 Å². The smallest absolute Gasteiger partial charge is 0.191 e. The number of nitrogens with zero attached hydrogens (tertiary/aromatic N) is 4. The van der Waals surface area contributed by atoms with Crippen LogP contribution >= 0.6 is 24.0 Å². The first kappa shape index (κ1) is 22.1. The number of aromatic nitrogens is 4. The van der Waals surface area contributed by atoms with Crippen molar-refractivity contribution >= 4 is 46.5 Å². The molecule has 4 rings (SSSR count). The summed E-state index contributed by atoms with van der Waals surface area (Å²) < 4.78 is 1.98. The first-order chi connectivity index (χ1) is 14.1. The number of nitrogens with one attached hydrogen (secondary N) is 3. The van der Waals surface area contributed by atoms with Crippen LogP contribution in [0.25, 0.3) is 16.6 Å². The molecular weight excluding hydrogens is 489 g/mol. The number of rotatable bonds is 5. The lowest BCUT2D eigenvalue weighted by Crippen LogP contribution is -2.37. The summed E-state index contributed by atoms with van der Waals surface area (Å²) >= 11 is 0. The van der Waals surface area contributed by atoms with Crippen LogP contribution < -0.4 is 10.6 Å². The largest absolute Gasteiger partial charge is 0.358 e. The number of halogens is 1. The fourth-order valence-corrected chi connectivity index (χ4v) is 3.59. The van der Waals surface area contributed by atoms with Gasteiger partial charge in [0.05, 0.1) is 18.6 Å². The molecule has 1 aromatic carbocycles. The Bertz CT molecular complexity index is 1190. The van der Waals surface area contributed by atoms with E-state index in [0.29, 0.717) is 13.1 Å². The summed E-state index contributed by atoms with van der Waals surface area (Å²) in [6.45, 7) is 10.4. The van der Waals surface area contributed by atoms with Crippen LogP contribution in [-0.2, 0) is 13.1 Å². The Morgan fingerprint density at radius 1 is 1.13 bits per heavy atom. The fraction of sp³-hybridized carbons (Fsp3) is 0.318. The maximum atomic E-state index is 4.81. The van der Waals surface area contributed by atoms with Crippen LogP contribution in [0, 0.1) is 20.8 Å². The highest BCUT2D eigenvalue weighted by Gasteiger charge is 2.10. The van der Waals surface area contributed by atoms with E-state index in [0.717, 1.165) is 24.0 Å². The molecule has 3 N–H and O–H groups in total. The Balaban J connectivity index is 0.00000256. The van der Waals surface area contributed by atoms with Crippen LogP contribution in [0.1, 0.15) is 35.1 Å². The molecule has 0 aliphatic carbocycles. The summed E-state index contributed by atoms with van der Waals surface area (Å²) in [6.07, 6.45) is 1.97. The van der Waals surface area contributed by atoms with Crippen LogP contribution in [0.4, 0.5) is 0 Å². The zero-order valence-electron chi connectivity index (χ0n) is 17.8. The summed E-state index contributed by atoms with van der Waals surface area (Å²) in [6, 6.07) is 10.3. The molecule has 0 aliphatic heterocycles. The van der Waals surface area contributed by atoms with E-state index >= 15 is 0 Å². The molecule has 0 bridgehead atoms. The summed E-state index contributed by atoms with van der Waals surface area (Å²) in [5, 5.41) is 16.4. The van der Waals surface area contributed by atoms with E-state index in [2.05, 4.69) is 65.6 Å². The van der Waals surface area contributed by atoms with Crippen molar-refractivity contribution in [2.24, 2.45) is 4.99 Å². The molecule has 0 amide bonds. The average Bonchev–Trinajstić information content (AvgIpc) is 3.25. The van der Waals surface area contributed by atoms with E-state index < -0.39 is 0 Å². The average molecular weight is 517 g/mol. The van der Waals surface area contributed by atoms with Crippen molar-refractivity contribution in [1.82, 2.24) is 30.2 Å². The highest BCUT2D eigenvalue weighted by atomic mass is 127. The zero-order valence-corrected chi connectivity index (χ0v) is 20.1. The van der Waals surface area contributed by atoms with Gasteiger partial charge in [-0.1, -0.05) is 17.7 Å². The van der Waals surface area contributed by atoms with Crippen molar-refractivity contribution in [1.29, 1.82) is 0 Å². The van der Waals surface area contributed by atoms with Crippen molar-refractivity contribution in [2.75, 3.05) is 6.54 Å². The van der Waals surface area contributed by atoms with Gasteiger partial charge in [-0.25, -0.2) is 4.99 Å². The SMILES string of the molecule is CCNC(=NCc1cc(C)cc2c(C)c(C)[nH]c12)NCc1nnc2ccccn12.I. The number of hydrogen-bond donors (Lipinski definition) is 3. The Kier molecular flexibility index (Phi) is 6.96. The number of guanidine groups is 1. The van der Waals surface area contributed by atoms with Crippen molar-refractivity contribution in [2.45, 2.75) is 40.8 Å². The zero-order chi connectivity index (χ0) is 20.4. The van der Waals surface area contributed by atoms with E-state index in [4.69, 9.17) is 4.99 Å². The predicted molar refractivity (Wildman–Crippen MR) is 133 cm³/mol. The molecule has 0 spiro atoms. The lowest BCUT2D eigenvalue weighted by Gasteiger charge is -2.11. The Morgan fingerprint density at radius 2 is 1.97 bits per heavy atom. The molecule has 0 fully saturated rings. The molecule has 4 aromatic rings. The van der Waals surface area contributed by atoms with Crippen molar-refractivity contribution in [3.63, 3.8) is 0 Å². The van der Waals surface area contributed by atoms with E-state index in [1.165, 1.54) is 33.3 Å². The van der Waals surface area contributed by atoms with Gasteiger partial charge < -0.3 is 15.6 Å². The molecule has 3 aromatic heterocycles. The van der Waals surface area contributed by atoms with Crippen LogP contribution in [-0.4, -0.2) is 32.1 Å². The van der Waals surface area contributed by atoms with E-state index in [1.54, 1.807) is 0 Å². The highest BCUT2D eigenvalue weighted by Crippen LogP contribution is 2.26. The Hall–Kier alpha value is -2.62. The molecule has 3 heterocycles. The van der Waals surface area contributed by atoms with Gasteiger partial charge in [0.2, 0.25) is 0 Å². The van der Waals surface area contributed by atoms with Crippen molar-refractivity contribution in [3.8, 4) is 0 Å². The lowest BCUT2D eigenvalue weighted by molar-refractivity contribution is 0.765. The molecule has 8 heteroatoms.